The van der Waals surface area contributed by atoms with E-state index in [-0.39, 0.29) is 6.61 Å². The van der Waals surface area contributed by atoms with Gasteiger partial charge in [0.25, 0.3) is 0 Å². The Kier molecular flexibility index (Phi) is 4.44. The topological polar surface area (TPSA) is 104 Å². The largest absolute Gasteiger partial charge is 0.340 e. The monoisotopic (exact) mass is 266 g/mol. The fourth-order valence-corrected chi connectivity index (χ4v) is 3.56. The molecule has 0 saturated carbocycles. The van der Waals surface area contributed by atoms with Crippen LogP contribution in [-0.4, -0.2) is 20.6 Å². The Morgan fingerprint density at radius 1 is 1.06 bits per heavy atom. The Morgan fingerprint density at radius 3 is 2.12 bits per heavy atom. The average Bonchev–Trinajstić information content (AvgIpc) is 2.13. The molecule has 1 unspecified atom stereocenters. The van der Waals surface area contributed by atoms with Crippen LogP contribution in [0.5, 0.6) is 0 Å². The van der Waals surface area contributed by atoms with Crippen LogP contribution in [0.4, 0.5) is 0 Å². The molecular weight excluding hydrogens is 254 g/mol. The van der Waals surface area contributed by atoms with Gasteiger partial charge in [-0.1, -0.05) is 30.3 Å². The van der Waals surface area contributed by atoms with Gasteiger partial charge in [0.05, 0.1) is 6.61 Å². The lowest BCUT2D eigenvalue weighted by Crippen LogP contribution is -1.96. The second-order valence-corrected chi connectivity index (χ2v) is 7.20. The minimum absolute atomic E-state index is 0.158. The number of rotatable bonds is 5. The molecule has 0 spiro atoms. The molecule has 0 amide bonds. The van der Waals surface area contributed by atoms with Crippen molar-refractivity contribution in [3.63, 3.8) is 0 Å². The van der Waals surface area contributed by atoms with Crippen molar-refractivity contribution in [1.29, 1.82) is 0 Å². The Bertz CT molecular complexity index is 425. The predicted octanol–water partition coefficient (Wildman–Crippen LogP) is 1.52. The SMILES string of the molecule is O=P(O)(O)CP(=O)(O)OCc1ccccc1. The van der Waals surface area contributed by atoms with Gasteiger partial charge in [-0.05, 0) is 5.56 Å². The molecule has 6 nitrogen and oxygen atoms in total. The maximum atomic E-state index is 11.2. The van der Waals surface area contributed by atoms with E-state index >= 15 is 0 Å². The summed E-state index contributed by atoms with van der Waals surface area (Å²) in [6.45, 7) is -0.158. The standard InChI is InChI=1S/C8H12O6P2/c9-15(10,11)7-16(12,13)14-6-8-4-2-1-3-5-8/h1-5H,6-7H2,(H,12,13)(H2,9,10,11). The molecule has 1 rings (SSSR count). The first kappa shape index (κ1) is 13.6. The second kappa shape index (κ2) is 5.23. The van der Waals surface area contributed by atoms with E-state index in [9.17, 15) is 9.13 Å². The van der Waals surface area contributed by atoms with Gasteiger partial charge in [-0.2, -0.15) is 0 Å². The molecule has 0 fully saturated rings. The average molecular weight is 266 g/mol. The van der Waals surface area contributed by atoms with Gasteiger partial charge in [0.15, 0.2) is 5.90 Å². The van der Waals surface area contributed by atoms with Crippen molar-refractivity contribution in [3.05, 3.63) is 35.9 Å². The normalized spacial score (nSPS) is 15.7. The van der Waals surface area contributed by atoms with Gasteiger partial charge in [0, 0.05) is 0 Å². The van der Waals surface area contributed by atoms with E-state index in [1.807, 2.05) is 0 Å². The van der Waals surface area contributed by atoms with Crippen molar-refractivity contribution in [3.8, 4) is 0 Å². The summed E-state index contributed by atoms with van der Waals surface area (Å²) in [6, 6.07) is 8.58. The first-order valence-corrected chi connectivity index (χ1v) is 7.89. The molecule has 0 aliphatic rings. The summed E-state index contributed by atoms with van der Waals surface area (Å²) in [5, 5.41) is 0. The van der Waals surface area contributed by atoms with Gasteiger partial charge in [0.1, 0.15) is 0 Å². The molecule has 16 heavy (non-hydrogen) atoms. The summed E-state index contributed by atoms with van der Waals surface area (Å²) in [6.07, 6.45) is 0. The first-order valence-electron chi connectivity index (χ1n) is 4.33. The molecule has 1 aromatic carbocycles. The fourth-order valence-electron chi connectivity index (χ4n) is 1.02. The summed E-state index contributed by atoms with van der Waals surface area (Å²) >= 11 is 0. The van der Waals surface area contributed by atoms with Crippen molar-refractivity contribution in [2.24, 2.45) is 0 Å². The van der Waals surface area contributed by atoms with Crippen LogP contribution in [0.2, 0.25) is 0 Å². The molecule has 0 heterocycles. The van der Waals surface area contributed by atoms with Crippen LogP contribution >= 0.6 is 15.2 Å². The third kappa shape index (κ3) is 5.56. The molecule has 0 bridgehead atoms. The summed E-state index contributed by atoms with van der Waals surface area (Å²) < 4.78 is 26.4. The zero-order valence-corrected chi connectivity index (χ0v) is 10.1. The van der Waals surface area contributed by atoms with E-state index < -0.39 is 21.1 Å². The molecule has 3 N–H and O–H groups in total. The smallest absolute Gasteiger partial charge is 0.324 e. The van der Waals surface area contributed by atoms with Crippen molar-refractivity contribution in [2.75, 3.05) is 5.90 Å². The zero-order valence-electron chi connectivity index (χ0n) is 8.26. The number of hydrogen-bond donors (Lipinski definition) is 3. The quantitative estimate of drug-likeness (QED) is 0.698. The van der Waals surface area contributed by atoms with Crippen molar-refractivity contribution in [2.45, 2.75) is 6.61 Å². The Labute approximate surface area is 92.6 Å². The third-order valence-electron chi connectivity index (χ3n) is 1.64. The van der Waals surface area contributed by atoms with E-state index in [1.165, 1.54) is 0 Å². The van der Waals surface area contributed by atoms with Gasteiger partial charge in [0.2, 0.25) is 0 Å². The predicted molar refractivity (Wildman–Crippen MR) is 58.0 cm³/mol. The molecule has 8 heteroatoms. The van der Waals surface area contributed by atoms with Crippen LogP contribution < -0.4 is 0 Å². The fraction of sp³-hybridized carbons (Fsp3) is 0.250. The van der Waals surface area contributed by atoms with Gasteiger partial charge in [-0.3, -0.25) is 9.13 Å². The van der Waals surface area contributed by atoms with E-state index in [2.05, 4.69) is 4.52 Å². The van der Waals surface area contributed by atoms with Crippen molar-refractivity contribution >= 4 is 15.2 Å². The Hall–Kier alpha value is -0.480. The van der Waals surface area contributed by atoms with Crippen molar-refractivity contribution in [1.82, 2.24) is 0 Å². The summed E-state index contributed by atoms with van der Waals surface area (Å²) in [7, 11) is -8.79. The summed E-state index contributed by atoms with van der Waals surface area (Å²) in [5.74, 6) is -1.16. The summed E-state index contributed by atoms with van der Waals surface area (Å²) in [5.41, 5.74) is 0.655. The van der Waals surface area contributed by atoms with E-state index in [0.29, 0.717) is 5.56 Å². The van der Waals surface area contributed by atoms with E-state index in [0.717, 1.165) is 0 Å². The number of hydrogen-bond acceptors (Lipinski definition) is 3. The minimum Gasteiger partial charge on any atom is -0.324 e. The maximum Gasteiger partial charge on any atom is 0.340 e. The highest BCUT2D eigenvalue weighted by Gasteiger charge is 2.30. The zero-order chi connectivity index (χ0) is 12.2. The lowest BCUT2D eigenvalue weighted by molar-refractivity contribution is 0.251. The lowest BCUT2D eigenvalue weighted by Gasteiger charge is -2.12. The highest BCUT2D eigenvalue weighted by atomic mass is 31.2. The molecule has 90 valence electrons. The second-order valence-electron chi connectivity index (χ2n) is 3.20. The molecule has 0 aliphatic heterocycles. The van der Waals surface area contributed by atoms with Crippen molar-refractivity contribution < 1.29 is 28.3 Å². The first-order chi connectivity index (χ1) is 7.29. The summed E-state index contributed by atoms with van der Waals surface area (Å²) in [4.78, 5) is 26.3. The van der Waals surface area contributed by atoms with E-state index in [1.54, 1.807) is 30.3 Å². The van der Waals surface area contributed by atoms with Gasteiger partial charge in [-0.15, -0.1) is 0 Å². The Balaban J connectivity index is 2.55. The molecule has 1 atom stereocenters. The van der Waals surface area contributed by atoms with Gasteiger partial charge >= 0.3 is 15.2 Å². The molecule has 0 saturated heterocycles. The third-order valence-corrected chi connectivity index (χ3v) is 5.07. The molecule has 1 aromatic rings. The highest BCUT2D eigenvalue weighted by molar-refractivity contribution is 7.69. The number of benzene rings is 1. The molecule has 0 aromatic heterocycles. The van der Waals surface area contributed by atoms with Crippen LogP contribution in [0.1, 0.15) is 5.56 Å². The maximum absolute atomic E-state index is 11.2. The van der Waals surface area contributed by atoms with Gasteiger partial charge in [-0.25, -0.2) is 0 Å². The van der Waals surface area contributed by atoms with Crippen LogP contribution in [0.3, 0.4) is 0 Å². The van der Waals surface area contributed by atoms with Crippen LogP contribution in [-0.2, 0) is 20.3 Å². The molecule has 0 radical (unpaired) electrons. The van der Waals surface area contributed by atoms with Gasteiger partial charge < -0.3 is 19.2 Å². The molecular formula is C8H12O6P2. The highest BCUT2D eigenvalue weighted by Crippen LogP contribution is 2.55. The van der Waals surface area contributed by atoms with E-state index in [4.69, 9.17) is 14.7 Å². The molecule has 0 aliphatic carbocycles. The van der Waals surface area contributed by atoms with Crippen LogP contribution in [0, 0.1) is 0 Å². The van der Waals surface area contributed by atoms with Crippen LogP contribution in [0.25, 0.3) is 0 Å². The lowest BCUT2D eigenvalue weighted by atomic mass is 10.2. The van der Waals surface area contributed by atoms with Crippen LogP contribution in [0.15, 0.2) is 30.3 Å². The Morgan fingerprint density at radius 2 is 1.62 bits per heavy atom. The minimum atomic E-state index is -4.55.